The van der Waals surface area contributed by atoms with Crippen LogP contribution in [0.5, 0.6) is 0 Å². The van der Waals surface area contributed by atoms with E-state index in [0.29, 0.717) is 0 Å². The first kappa shape index (κ1) is 13.6. The second-order valence-electron chi connectivity index (χ2n) is 6.29. The summed E-state index contributed by atoms with van der Waals surface area (Å²) >= 11 is 0. The van der Waals surface area contributed by atoms with Crippen LogP contribution in [0, 0.1) is 17.8 Å². The SMILES string of the molecule is CCCNCc1cccc(NC(=O)C2CC3CC3C2)c1. The third-order valence-electron chi connectivity index (χ3n) is 4.56. The maximum Gasteiger partial charge on any atom is 0.227 e. The normalized spacial score (nSPS) is 27.1. The van der Waals surface area contributed by atoms with Gasteiger partial charge in [0.05, 0.1) is 0 Å². The van der Waals surface area contributed by atoms with Crippen molar-refractivity contribution in [1.29, 1.82) is 0 Å². The quantitative estimate of drug-likeness (QED) is 0.781. The lowest BCUT2D eigenvalue weighted by molar-refractivity contribution is -0.120. The van der Waals surface area contributed by atoms with Crippen molar-refractivity contribution in [3.05, 3.63) is 29.8 Å². The second-order valence-corrected chi connectivity index (χ2v) is 6.29. The highest BCUT2D eigenvalue weighted by Gasteiger charge is 2.47. The van der Waals surface area contributed by atoms with Crippen LogP contribution in [0.1, 0.15) is 38.2 Å². The number of hydrogen-bond acceptors (Lipinski definition) is 2. The van der Waals surface area contributed by atoms with E-state index in [-0.39, 0.29) is 11.8 Å². The molecule has 0 spiro atoms. The van der Waals surface area contributed by atoms with E-state index in [9.17, 15) is 4.79 Å². The molecule has 2 N–H and O–H groups in total. The van der Waals surface area contributed by atoms with Crippen molar-refractivity contribution in [2.45, 2.75) is 39.2 Å². The van der Waals surface area contributed by atoms with Crippen molar-refractivity contribution in [3.8, 4) is 0 Å². The zero-order valence-electron chi connectivity index (χ0n) is 12.2. The predicted octanol–water partition coefficient (Wildman–Crippen LogP) is 3.17. The average Bonchev–Trinajstić information content (AvgIpc) is 3.06. The molecule has 2 fully saturated rings. The largest absolute Gasteiger partial charge is 0.326 e. The molecular formula is C17H24N2O. The molecular weight excluding hydrogens is 248 g/mol. The van der Waals surface area contributed by atoms with Crippen molar-refractivity contribution in [2.24, 2.45) is 17.8 Å². The molecule has 2 aliphatic rings. The molecule has 3 heteroatoms. The third-order valence-corrected chi connectivity index (χ3v) is 4.56. The van der Waals surface area contributed by atoms with Crippen LogP contribution in [0.2, 0.25) is 0 Å². The van der Waals surface area contributed by atoms with Gasteiger partial charge in [-0.05, 0) is 61.8 Å². The number of anilines is 1. The minimum absolute atomic E-state index is 0.218. The first-order valence-corrected chi connectivity index (χ1v) is 7.86. The molecule has 2 atom stereocenters. The van der Waals surface area contributed by atoms with Crippen molar-refractivity contribution < 1.29 is 4.79 Å². The highest BCUT2D eigenvalue weighted by Crippen LogP contribution is 2.54. The van der Waals surface area contributed by atoms with Crippen molar-refractivity contribution in [2.75, 3.05) is 11.9 Å². The molecule has 1 aromatic carbocycles. The maximum absolute atomic E-state index is 12.2. The molecule has 1 aromatic rings. The Labute approximate surface area is 121 Å². The number of benzene rings is 1. The summed E-state index contributed by atoms with van der Waals surface area (Å²) in [5, 5.41) is 6.47. The lowest BCUT2D eigenvalue weighted by atomic mass is 10.0. The Morgan fingerprint density at radius 2 is 2.05 bits per heavy atom. The van der Waals surface area contributed by atoms with Gasteiger partial charge in [-0.3, -0.25) is 4.79 Å². The van der Waals surface area contributed by atoms with Crippen molar-refractivity contribution in [3.63, 3.8) is 0 Å². The molecule has 20 heavy (non-hydrogen) atoms. The van der Waals surface area contributed by atoms with Gasteiger partial charge in [-0.1, -0.05) is 19.1 Å². The summed E-state index contributed by atoms with van der Waals surface area (Å²) in [4.78, 5) is 12.2. The first-order valence-electron chi connectivity index (χ1n) is 7.86. The number of carbonyl (C=O) groups is 1. The number of nitrogens with one attached hydrogen (secondary N) is 2. The molecule has 2 unspecified atom stereocenters. The highest BCUT2D eigenvalue weighted by molar-refractivity contribution is 5.92. The number of fused-ring (bicyclic) bond motifs is 1. The van der Waals surface area contributed by atoms with Gasteiger partial charge in [0, 0.05) is 18.2 Å². The maximum atomic E-state index is 12.2. The molecule has 0 aliphatic heterocycles. The third kappa shape index (κ3) is 3.21. The molecule has 1 amide bonds. The molecule has 3 rings (SSSR count). The summed E-state index contributed by atoms with van der Waals surface area (Å²) in [6.07, 6.45) is 4.71. The zero-order chi connectivity index (χ0) is 13.9. The van der Waals surface area contributed by atoms with Gasteiger partial charge in [-0.15, -0.1) is 0 Å². The van der Waals surface area contributed by atoms with Crippen LogP contribution in [-0.4, -0.2) is 12.5 Å². The van der Waals surface area contributed by atoms with Gasteiger partial charge in [0.15, 0.2) is 0 Å². The second kappa shape index (κ2) is 5.96. The van der Waals surface area contributed by atoms with Crippen LogP contribution in [0.3, 0.4) is 0 Å². The fourth-order valence-electron chi connectivity index (χ4n) is 3.34. The summed E-state index contributed by atoms with van der Waals surface area (Å²) < 4.78 is 0. The number of amides is 1. The topological polar surface area (TPSA) is 41.1 Å². The molecule has 0 heterocycles. The number of rotatable bonds is 6. The zero-order valence-corrected chi connectivity index (χ0v) is 12.2. The number of hydrogen-bond donors (Lipinski definition) is 2. The fourth-order valence-corrected chi connectivity index (χ4v) is 3.34. The van der Waals surface area contributed by atoms with Crippen molar-refractivity contribution >= 4 is 11.6 Å². The van der Waals surface area contributed by atoms with Gasteiger partial charge in [0.2, 0.25) is 5.91 Å². The van der Waals surface area contributed by atoms with Gasteiger partial charge >= 0.3 is 0 Å². The minimum Gasteiger partial charge on any atom is -0.326 e. The Morgan fingerprint density at radius 3 is 2.80 bits per heavy atom. The minimum atomic E-state index is 0.218. The lowest BCUT2D eigenvalue weighted by Crippen LogP contribution is -2.21. The molecule has 2 aliphatic carbocycles. The summed E-state index contributed by atoms with van der Waals surface area (Å²) in [6, 6.07) is 8.18. The molecule has 108 valence electrons. The predicted molar refractivity (Wildman–Crippen MR) is 81.4 cm³/mol. The Hall–Kier alpha value is -1.35. The van der Waals surface area contributed by atoms with Gasteiger partial charge in [-0.25, -0.2) is 0 Å². The summed E-state index contributed by atoms with van der Waals surface area (Å²) in [5.74, 6) is 2.18. The van der Waals surface area contributed by atoms with Crippen molar-refractivity contribution in [1.82, 2.24) is 5.32 Å². The average molecular weight is 272 g/mol. The molecule has 0 saturated heterocycles. The number of carbonyl (C=O) groups excluding carboxylic acids is 1. The molecule has 0 aromatic heterocycles. The first-order chi connectivity index (χ1) is 9.76. The molecule has 3 nitrogen and oxygen atoms in total. The van der Waals surface area contributed by atoms with E-state index in [4.69, 9.17) is 0 Å². The van der Waals surface area contributed by atoms with E-state index in [2.05, 4.69) is 29.7 Å². The molecule has 0 radical (unpaired) electrons. The Balaban J connectivity index is 1.53. The lowest BCUT2D eigenvalue weighted by Gasteiger charge is -2.13. The van der Waals surface area contributed by atoms with E-state index in [0.717, 1.165) is 49.9 Å². The van der Waals surface area contributed by atoms with E-state index in [1.165, 1.54) is 12.0 Å². The summed E-state index contributed by atoms with van der Waals surface area (Å²) in [7, 11) is 0. The molecule has 2 saturated carbocycles. The smallest absolute Gasteiger partial charge is 0.227 e. The molecule has 0 bridgehead atoms. The van der Waals surface area contributed by atoms with Gasteiger partial charge in [-0.2, -0.15) is 0 Å². The summed E-state index contributed by atoms with van der Waals surface area (Å²) in [5.41, 5.74) is 2.16. The Bertz CT molecular complexity index is 476. The van der Waals surface area contributed by atoms with Gasteiger partial charge in [0.25, 0.3) is 0 Å². The van der Waals surface area contributed by atoms with Crippen LogP contribution < -0.4 is 10.6 Å². The van der Waals surface area contributed by atoms with Crippen LogP contribution in [0.4, 0.5) is 5.69 Å². The van der Waals surface area contributed by atoms with Gasteiger partial charge in [0.1, 0.15) is 0 Å². The van der Waals surface area contributed by atoms with Crippen LogP contribution in [0.25, 0.3) is 0 Å². The van der Waals surface area contributed by atoms with E-state index >= 15 is 0 Å². The van der Waals surface area contributed by atoms with Gasteiger partial charge < -0.3 is 10.6 Å². The fraction of sp³-hybridized carbons (Fsp3) is 0.588. The highest BCUT2D eigenvalue weighted by atomic mass is 16.1. The van der Waals surface area contributed by atoms with E-state index < -0.39 is 0 Å². The Kier molecular flexibility index (Phi) is 4.06. The standard InChI is InChI=1S/C17H24N2O/c1-2-6-18-11-12-4-3-5-16(7-12)19-17(20)15-9-13-8-14(13)10-15/h3-5,7,13-15,18H,2,6,8-11H2,1H3,(H,19,20). The Morgan fingerprint density at radius 1 is 1.25 bits per heavy atom. The van der Waals surface area contributed by atoms with E-state index in [1.54, 1.807) is 0 Å². The van der Waals surface area contributed by atoms with E-state index in [1.807, 2.05) is 12.1 Å². The van der Waals surface area contributed by atoms with Crippen LogP contribution in [-0.2, 0) is 11.3 Å². The summed E-state index contributed by atoms with van der Waals surface area (Å²) in [6.45, 7) is 4.06. The van der Waals surface area contributed by atoms with Crippen LogP contribution >= 0.6 is 0 Å². The monoisotopic (exact) mass is 272 g/mol. The van der Waals surface area contributed by atoms with Crippen LogP contribution in [0.15, 0.2) is 24.3 Å².